The zero-order chi connectivity index (χ0) is 20.5. The SMILES string of the molecule is Cc1ccc([C@H]2C[C@@](CC(C)C)(C(=O)OC(C)(C)C)N[C@H]2c2nccs2)nn1. The normalized spacial score (nSPS) is 25.2. The molecule has 28 heavy (non-hydrogen) atoms. The van der Waals surface area contributed by atoms with Gasteiger partial charge in [0.2, 0.25) is 0 Å². The Morgan fingerprint density at radius 2 is 2.11 bits per heavy atom. The average molecular weight is 403 g/mol. The summed E-state index contributed by atoms with van der Waals surface area (Å²) < 4.78 is 5.84. The molecule has 0 amide bonds. The third kappa shape index (κ3) is 4.58. The lowest BCUT2D eigenvalue weighted by Crippen LogP contribution is -2.52. The summed E-state index contributed by atoms with van der Waals surface area (Å²) in [5, 5.41) is 15.2. The molecule has 0 aromatic carbocycles. The summed E-state index contributed by atoms with van der Waals surface area (Å²) in [5.74, 6) is 0.142. The second-order valence-corrected chi connectivity index (χ2v) is 10.0. The molecule has 152 valence electrons. The Balaban J connectivity index is 2.01. The van der Waals surface area contributed by atoms with Crippen molar-refractivity contribution >= 4 is 17.3 Å². The fourth-order valence-corrected chi connectivity index (χ4v) is 4.65. The van der Waals surface area contributed by atoms with Crippen molar-refractivity contribution in [2.24, 2.45) is 5.92 Å². The molecule has 0 unspecified atom stereocenters. The summed E-state index contributed by atoms with van der Waals surface area (Å²) in [6, 6.07) is 3.88. The average Bonchev–Trinajstić information content (AvgIpc) is 3.21. The Morgan fingerprint density at radius 3 is 2.64 bits per heavy atom. The van der Waals surface area contributed by atoms with Crippen LogP contribution in [0.3, 0.4) is 0 Å². The van der Waals surface area contributed by atoms with Crippen LogP contribution < -0.4 is 5.32 Å². The Hall–Kier alpha value is -1.86. The van der Waals surface area contributed by atoms with Crippen LogP contribution in [0, 0.1) is 12.8 Å². The maximum absolute atomic E-state index is 13.3. The smallest absolute Gasteiger partial charge is 0.326 e. The number of esters is 1. The van der Waals surface area contributed by atoms with Gasteiger partial charge in [0.05, 0.1) is 17.4 Å². The lowest BCUT2D eigenvalue weighted by atomic mass is 9.83. The first-order valence-electron chi connectivity index (χ1n) is 9.80. The zero-order valence-corrected chi connectivity index (χ0v) is 18.3. The van der Waals surface area contributed by atoms with Crippen LogP contribution in [0.5, 0.6) is 0 Å². The summed E-state index contributed by atoms with van der Waals surface area (Å²) in [4.78, 5) is 17.9. The standard InChI is InChI=1S/C21H30N4O2S/c1-13(2)11-21(19(26)27-20(4,5)6)12-15(16-8-7-14(3)24-25-16)17(23-21)18-22-9-10-28-18/h7-10,13,15,17,23H,11-12H2,1-6H3/t15-,17-,21+/m1/s1. The van der Waals surface area contributed by atoms with Crippen molar-refractivity contribution in [3.05, 3.63) is 40.1 Å². The van der Waals surface area contributed by atoms with E-state index in [-0.39, 0.29) is 17.9 Å². The highest BCUT2D eigenvalue weighted by Crippen LogP contribution is 2.47. The monoisotopic (exact) mass is 402 g/mol. The van der Waals surface area contributed by atoms with Crippen LogP contribution in [0.25, 0.3) is 0 Å². The van der Waals surface area contributed by atoms with E-state index in [1.165, 1.54) is 0 Å². The molecule has 0 radical (unpaired) electrons. The fraction of sp³-hybridized carbons (Fsp3) is 0.619. The van der Waals surface area contributed by atoms with Gasteiger partial charge in [-0.3, -0.25) is 10.1 Å². The highest BCUT2D eigenvalue weighted by atomic mass is 32.1. The van der Waals surface area contributed by atoms with Crippen molar-refractivity contribution in [3.63, 3.8) is 0 Å². The Kier molecular flexibility index (Phi) is 5.87. The van der Waals surface area contributed by atoms with Gasteiger partial charge in [0, 0.05) is 17.5 Å². The number of hydrogen-bond acceptors (Lipinski definition) is 7. The molecule has 2 aromatic rings. The number of thiazole rings is 1. The summed E-state index contributed by atoms with van der Waals surface area (Å²) in [5.41, 5.74) is 0.449. The van der Waals surface area contributed by atoms with Crippen molar-refractivity contribution in [2.45, 2.75) is 77.5 Å². The number of carbonyl (C=O) groups is 1. The summed E-state index contributed by atoms with van der Waals surface area (Å²) in [7, 11) is 0. The maximum atomic E-state index is 13.3. The molecule has 0 aliphatic carbocycles. The highest BCUT2D eigenvalue weighted by molar-refractivity contribution is 7.09. The minimum Gasteiger partial charge on any atom is -0.459 e. The number of hydrogen-bond donors (Lipinski definition) is 1. The third-order valence-electron chi connectivity index (χ3n) is 4.86. The first kappa shape index (κ1) is 20.9. The Morgan fingerprint density at radius 1 is 1.36 bits per heavy atom. The van der Waals surface area contributed by atoms with Crippen LogP contribution in [0.4, 0.5) is 0 Å². The van der Waals surface area contributed by atoms with Gasteiger partial charge in [0.1, 0.15) is 16.1 Å². The second kappa shape index (κ2) is 7.87. The van der Waals surface area contributed by atoms with Crippen LogP contribution in [-0.4, -0.2) is 32.3 Å². The molecular weight excluding hydrogens is 372 g/mol. The molecule has 6 nitrogen and oxygen atoms in total. The number of ether oxygens (including phenoxy) is 1. The lowest BCUT2D eigenvalue weighted by Gasteiger charge is -2.33. The third-order valence-corrected chi connectivity index (χ3v) is 5.72. The summed E-state index contributed by atoms with van der Waals surface area (Å²) in [6.07, 6.45) is 3.11. The van der Waals surface area contributed by atoms with Crippen molar-refractivity contribution in [1.29, 1.82) is 0 Å². The molecule has 1 aliphatic rings. The molecule has 0 saturated carbocycles. The predicted octanol–water partition coefficient (Wildman–Crippen LogP) is 4.19. The molecule has 0 bridgehead atoms. The van der Waals surface area contributed by atoms with Gasteiger partial charge >= 0.3 is 5.97 Å². The Bertz CT molecular complexity index is 799. The van der Waals surface area contributed by atoms with Gasteiger partial charge in [-0.1, -0.05) is 13.8 Å². The maximum Gasteiger partial charge on any atom is 0.326 e. The molecule has 3 heterocycles. The quantitative estimate of drug-likeness (QED) is 0.756. The number of aryl methyl sites for hydroxylation is 1. The highest BCUT2D eigenvalue weighted by Gasteiger charge is 2.53. The predicted molar refractivity (Wildman–Crippen MR) is 110 cm³/mol. The van der Waals surface area contributed by atoms with E-state index in [0.717, 1.165) is 16.4 Å². The van der Waals surface area contributed by atoms with Crippen molar-refractivity contribution < 1.29 is 9.53 Å². The van der Waals surface area contributed by atoms with Crippen molar-refractivity contribution in [3.8, 4) is 0 Å². The molecule has 1 fully saturated rings. The van der Waals surface area contributed by atoms with Gasteiger partial charge in [-0.05, 0) is 58.6 Å². The van der Waals surface area contributed by atoms with E-state index in [2.05, 4.69) is 34.3 Å². The molecule has 1 aliphatic heterocycles. The van der Waals surface area contributed by atoms with Gasteiger partial charge in [-0.25, -0.2) is 4.98 Å². The van der Waals surface area contributed by atoms with Crippen LogP contribution >= 0.6 is 11.3 Å². The topological polar surface area (TPSA) is 77.0 Å². The molecule has 2 aromatic heterocycles. The van der Waals surface area contributed by atoms with E-state index >= 15 is 0 Å². The first-order chi connectivity index (χ1) is 13.1. The van der Waals surface area contributed by atoms with Crippen LogP contribution in [-0.2, 0) is 9.53 Å². The molecule has 1 N–H and O–H groups in total. The first-order valence-corrected chi connectivity index (χ1v) is 10.7. The molecular formula is C21H30N4O2S. The van der Waals surface area contributed by atoms with E-state index in [1.807, 2.05) is 45.2 Å². The van der Waals surface area contributed by atoms with Crippen LogP contribution in [0.1, 0.15) is 75.8 Å². The van der Waals surface area contributed by atoms with Gasteiger partial charge in [0.15, 0.2) is 0 Å². The van der Waals surface area contributed by atoms with Crippen molar-refractivity contribution in [2.75, 3.05) is 0 Å². The van der Waals surface area contributed by atoms with Crippen molar-refractivity contribution in [1.82, 2.24) is 20.5 Å². The van der Waals surface area contributed by atoms with E-state index in [1.54, 1.807) is 17.5 Å². The molecule has 0 spiro atoms. The molecule has 1 saturated heterocycles. The van der Waals surface area contributed by atoms with Crippen LogP contribution in [0.15, 0.2) is 23.7 Å². The Labute approximate surface area is 171 Å². The fourth-order valence-electron chi connectivity index (χ4n) is 3.90. The second-order valence-electron chi connectivity index (χ2n) is 9.08. The van der Waals surface area contributed by atoms with Crippen LogP contribution in [0.2, 0.25) is 0 Å². The number of aromatic nitrogens is 3. The number of nitrogens with one attached hydrogen (secondary N) is 1. The van der Waals surface area contributed by atoms with Gasteiger partial charge < -0.3 is 4.74 Å². The van der Waals surface area contributed by atoms with E-state index in [4.69, 9.17) is 4.74 Å². The molecule has 3 rings (SSSR count). The lowest BCUT2D eigenvalue weighted by molar-refractivity contribution is -0.163. The minimum atomic E-state index is -0.769. The molecule has 7 heteroatoms. The van der Waals surface area contributed by atoms with Gasteiger partial charge in [-0.2, -0.15) is 10.2 Å². The van der Waals surface area contributed by atoms with Gasteiger partial charge in [0.25, 0.3) is 0 Å². The van der Waals surface area contributed by atoms with Gasteiger partial charge in [-0.15, -0.1) is 11.3 Å². The van der Waals surface area contributed by atoms with E-state index < -0.39 is 11.1 Å². The minimum absolute atomic E-state index is 0.00511. The summed E-state index contributed by atoms with van der Waals surface area (Å²) >= 11 is 1.59. The van der Waals surface area contributed by atoms with E-state index in [9.17, 15) is 4.79 Å². The largest absolute Gasteiger partial charge is 0.459 e. The van der Waals surface area contributed by atoms with E-state index in [0.29, 0.717) is 18.8 Å². The molecule has 3 atom stereocenters. The number of nitrogens with zero attached hydrogens (tertiary/aromatic N) is 3. The zero-order valence-electron chi connectivity index (χ0n) is 17.5. The number of rotatable bonds is 5. The number of carbonyl (C=O) groups excluding carboxylic acids is 1. The summed E-state index contributed by atoms with van der Waals surface area (Å²) in [6.45, 7) is 11.9.